The van der Waals surface area contributed by atoms with Gasteiger partial charge in [0.15, 0.2) is 0 Å². The predicted molar refractivity (Wildman–Crippen MR) is 50.2 cm³/mol. The Morgan fingerprint density at radius 2 is 1.83 bits per heavy atom. The fraction of sp³-hybridized carbons (Fsp3) is 1.00. The predicted octanol–water partition coefficient (Wildman–Crippen LogP) is 1.16. The highest BCUT2D eigenvalue weighted by Gasteiger charge is 2.08. The lowest BCUT2D eigenvalue weighted by molar-refractivity contribution is 0.0472. The van der Waals surface area contributed by atoms with Gasteiger partial charge in [0.25, 0.3) is 0 Å². The van der Waals surface area contributed by atoms with Gasteiger partial charge in [0.05, 0.1) is 18.8 Å². The fourth-order valence-electron chi connectivity index (χ4n) is 0.907. The summed E-state index contributed by atoms with van der Waals surface area (Å²) in [4.78, 5) is 0. The standard InChI is InChI=1S/C9H21NO2/c1-7(2)12-6-9(10)5-8(3)11-4/h7-9H,5-6,10H2,1-4H3. The first kappa shape index (κ1) is 11.9. The molecule has 0 rings (SSSR count). The largest absolute Gasteiger partial charge is 0.382 e. The minimum atomic E-state index is 0.0855. The Kier molecular flexibility index (Phi) is 6.34. The van der Waals surface area contributed by atoms with Gasteiger partial charge in [-0.05, 0) is 27.2 Å². The molecule has 0 saturated carbocycles. The van der Waals surface area contributed by atoms with Gasteiger partial charge in [0.1, 0.15) is 0 Å². The quantitative estimate of drug-likeness (QED) is 0.659. The molecule has 0 aromatic carbocycles. The van der Waals surface area contributed by atoms with E-state index in [0.717, 1.165) is 6.42 Å². The van der Waals surface area contributed by atoms with Gasteiger partial charge < -0.3 is 15.2 Å². The molecule has 12 heavy (non-hydrogen) atoms. The molecule has 0 radical (unpaired) electrons. The number of ether oxygens (including phenoxy) is 2. The van der Waals surface area contributed by atoms with E-state index >= 15 is 0 Å². The van der Waals surface area contributed by atoms with E-state index in [4.69, 9.17) is 15.2 Å². The second-order valence-corrected chi connectivity index (χ2v) is 3.42. The molecular weight excluding hydrogens is 154 g/mol. The van der Waals surface area contributed by atoms with Crippen molar-refractivity contribution in [1.82, 2.24) is 0 Å². The molecule has 74 valence electrons. The van der Waals surface area contributed by atoms with Crippen LogP contribution in [-0.2, 0) is 9.47 Å². The average Bonchev–Trinajstić information content (AvgIpc) is 2.00. The first-order chi connectivity index (χ1) is 5.56. The lowest BCUT2D eigenvalue weighted by Crippen LogP contribution is -2.31. The number of rotatable bonds is 6. The van der Waals surface area contributed by atoms with Crippen molar-refractivity contribution in [1.29, 1.82) is 0 Å². The van der Waals surface area contributed by atoms with Crippen molar-refractivity contribution < 1.29 is 9.47 Å². The average molecular weight is 175 g/mol. The lowest BCUT2D eigenvalue weighted by Gasteiger charge is -2.17. The summed E-state index contributed by atoms with van der Waals surface area (Å²) in [5.41, 5.74) is 5.79. The van der Waals surface area contributed by atoms with Crippen molar-refractivity contribution in [2.24, 2.45) is 5.73 Å². The van der Waals surface area contributed by atoms with Crippen LogP contribution < -0.4 is 5.73 Å². The van der Waals surface area contributed by atoms with Crippen LogP contribution in [0.1, 0.15) is 27.2 Å². The molecular formula is C9H21NO2. The van der Waals surface area contributed by atoms with Crippen LogP contribution >= 0.6 is 0 Å². The van der Waals surface area contributed by atoms with Gasteiger partial charge in [-0.25, -0.2) is 0 Å². The third kappa shape index (κ3) is 6.58. The second-order valence-electron chi connectivity index (χ2n) is 3.42. The maximum absolute atomic E-state index is 5.79. The molecule has 0 spiro atoms. The molecule has 0 aromatic heterocycles. The van der Waals surface area contributed by atoms with Gasteiger partial charge in [-0.1, -0.05) is 0 Å². The van der Waals surface area contributed by atoms with Gasteiger partial charge in [-0.2, -0.15) is 0 Å². The molecule has 2 unspecified atom stereocenters. The van der Waals surface area contributed by atoms with E-state index in [1.807, 2.05) is 20.8 Å². The zero-order valence-electron chi connectivity index (χ0n) is 8.54. The molecule has 3 nitrogen and oxygen atoms in total. The summed E-state index contributed by atoms with van der Waals surface area (Å²) >= 11 is 0. The normalized spacial score (nSPS) is 16.5. The maximum Gasteiger partial charge on any atom is 0.0621 e. The lowest BCUT2D eigenvalue weighted by atomic mass is 10.1. The summed E-state index contributed by atoms with van der Waals surface area (Å²) in [6, 6.07) is 0.0855. The highest BCUT2D eigenvalue weighted by Crippen LogP contribution is 2.00. The van der Waals surface area contributed by atoms with E-state index < -0.39 is 0 Å². The van der Waals surface area contributed by atoms with E-state index in [1.54, 1.807) is 7.11 Å². The van der Waals surface area contributed by atoms with Crippen LogP contribution in [0.4, 0.5) is 0 Å². The van der Waals surface area contributed by atoms with Crippen molar-refractivity contribution >= 4 is 0 Å². The number of methoxy groups -OCH3 is 1. The summed E-state index contributed by atoms with van der Waals surface area (Å²) in [5.74, 6) is 0. The van der Waals surface area contributed by atoms with E-state index in [9.17, 15) is 0 Å². The van der Waals surface area contributed by atoms with Crippen LogP contribution in [0.15, 0.2) is 0 Å². The molecule has 2 atom stereocenters. The monoisotopic (exact) mass is 175 g/mol. The highest BCUT2D eigenvalue weighted by atomic mass is 16.5. The topological polar surface area (TPSA) is 44.5 Å². The van der Waals surface area contributed by atoms with Crippen LogP contribution in [0.3, 0.4) is 0 Å². The molecule has 0 saturated heterocycles. The molecule has 3 heteroatoms. The van der Waals surface area contributed by atoms with Crippen LogP contribution in [0, 0.1) is 0 Å². The minimum Gasteiger partial charge on any atom is -0.382 e. The summed E-state index contributed by atoms with van der Waals surface area (Å²) < 4.78 is 10.5. The smallest absolute Gasteiger partial charge is 0.0621 e. The molecule has 0 bridgehead atoms. The first-order valence-electron chi connectivity index (χ1n) is 4.46. The molecule has 0 amide bonds. The van der Waals surface area contributed by atoms with Crippen LogP contribution in [0.5, 0.6) is 0 Å². The molecule has 0 aliphatic heterocycles. The Labute approximate surface area is 75.2 Å². The van der Waals surface area contributed by atoms with E-state index in [0.29, 0.717) is 6.61 Å². The van der Waals surface area contributed by atoms with Crippen LogP contribution in [0.2, 0.25) is 0 Å². The SMILES string of the molecule is COC(C)CC(N)COC(C)C. The van der Waals surface area contributed by atoms with Crippen LogP contribution in [0.25, 0.3) is 0 Å². The van der Waals surface area contributed by atoms with E-state index in [2.05, 4.69) is 0 Å². The summed E-state index contributed by atoms with van der Waals surface area (Å²) in [5, 5.41) is 0. The number of hydrogen-bond donors (Lipinski definition) is 1. The molecule has 0 aliphatic rings. The second kappa shape index (κ2) is 6.40. The number of hydrogen-bond acceptors (Lipinski definition) is 3. The van der Waals surface area contributed by atoms with Crippen molar-refractivity contribution in [3.05, 3.63) is 0 Å². The summed E-state index contributed by atoms with van der Waals surface area (Å²) in [6.07, 6.45) is 1.33. The number of nitrogens with two attached hydrogens (primary N) is 1. The van der Waals surface area contributed by atoms with Crippen molar-refractivity contribution in [3.63, 3.8) is 0 Å². The Hall–Kier alpha value is -0.120. The third-order valence-corrected chi connectivity index (χ3v) is 1.68. The molecule has 0 aliphatic carbocycles. The Morgan fingerprint density at radius 1 is 1.25 bits per heavy atom. The Morgan fingerprint density at radius 3 is 2.25 bits per heavy atom. The van der Waals surface area contributed by atoms with Gasteiger partial charge in [-0.3, -0.25) is 0 Å². The Balaban J connectivity index is 3.39. The molecule has 0 heterocycles. The summed E-state index contributed by atoms with van der Waals surface area (Å²) in [6.45, 7) is 6.64. The fourth-order valence-corrected chi connectivity index (χ4v) is 0.907. The van der Waals surface area contributed by atoms with Gasteiger partial charge in [-0.15, -0.1) is 0 Å². The van der Waals surface area contributed by atoms with Crippen molar-refractivity contribution in [2.75, 3.05) is 13.7 Å². The van der Waals surface area contributed by atoms with E-state index in [1.165, 1.54) is 0 Å². The molecule has 0 fully saturated rings. The zero-order valence-corrected chi connectivity index (χ0v) is 8.54. The first-order valence-corrected chi connectivity index (χ1v) is 4.46. The minimum absolute atomic E-state index is 0.0855. The van der Waals surface area contributed by atoms with Gasteiger partial charge >= 0.3 is 0 Å². The third-order valence-electron chi connectivity index (χ3n) is 1.68. The highest BCUT2D eigenvalue weighted by molar-refractivity contribution is 4.64. The molecule has 2 N–H and O–H groups in total. The van der Waals surface area contributed by atoms with Crippen LogP contribution in [-0.4, -0.2) is 32.0 Å². The zero-order chi connectivity index (χ0) is 9.56. The van der Waals surface area contributed by atoms with Gasteiger partial charge in [0.2, 0.25) is 0 Å². The summed E-state index contributed by atoms with van der Waals surface area (Å²) in [7, 11) is 1.70. The maximum atomic E-state index is 5.79. The molecule has 0 aromatic rings. The van der Waals surface area contributed by atoms with Crippen molar-refractivity contribution in [3.8, 4) is 0 Å². The van der Waals surface area contributed by atoms with E-state index in [-0.39, 0.29) is 18.2 Å². The van der Waals surface area contributed by atoms with Gasteiger partial charge in [0, 0.05) is 13.2 Å². The van der Waals surface area contributed by atoms with Crippen molar-refractivity contribution in [2.45, 2.75) is 45.4 Å². The Bertz CT molecular complexity index is 107.